The summed E-state index contributed by atoms with van der Waals surface area (Å²) in [5.41, 5.74) is 1.21. The van der Waals surface area contributed by atoms with E-state index < -0.39 is 0 Å². The highest BCUT2D eigenvalue weighted by atomic mass is 127. The lowest BCUT2D eigenvalue weighted by molar-refractivity contribution is 0.303. The number of nitrogens with one attached hydrogen (secondary N) is 1. The largest absolute Gasteiger partial charge is 0.368 e. The highest BCUT2D eigenvalue weighted by molar-refractivity contribution is 14.0. The third-order valence-corrected chi connectivity index (χ3v) is 5.37. The van der Waals surface area contributed by atoms with Gasteiger partial charge in [0.15, 0.2) is 5.96 Å². The van der Waals surface area contributed by atoms with Crippen LogP contribution >= 0.6 is 35.6 Å². The van der Waals surface area contributed by atoms with E-state index in [0.717, 1.165) is 43.7 Å². The van der Waals surface area contributed by atoms with Crippen molar-refractivity contribution in [3.05, 3.63) is 29.3 Å². The minimum absolute atomic E-state index is 0. The van der Waals surface area contributed by atoms with E-state index in [2.05, 4.69) is 38.1 Å². The van der Waals surface area contributed by atoms with E-state index in [1.165, 1.54) is 25.1 Å². The van der Waals surface area contributed by atoms with E-state index in [0.29, 0.717) is 6.04 Å². The van der Waals surface area contributed by atoms with Crippen molar-refractivity contribution in [3.8, 4) is 0 Å². The van der Waals surface area contributed by atoms with Crippen LogP contribution in [0, 0.1) is 0 Å². The maximum absolute atomic E-state index is 6.11. The first kappa shape index (κ1) is 20.6. The lowest BCUT2D eigenvalue weighted by Gasteiger charge is -2.38. The molecular weight excluding hydrogens is 449 g/mol. The molecule has 0 saturated carbocycles. The Morgan fingerprint density at radius 1 is 1.24 bits per heavy atom. The fraction of sp³-hybridized carbons (Fsp3) is 0.611. The molecule has 1 unspecified atom stereocenters. The summed E-state index contributed by atoms with van der Waals surface area (Å²) in [5, 5.41) is 4.37. The van der Waals surface area contributed by atoms with Crippen LogP contribution < -0.4 is 10.2 Å². The van der Waals surface area contributed by atoms with Crippen LogP contribution in [0.15, 0.2) is 29.3 Å². The van der Waals surface area contributed by atoms with Crippen molar-refractivity contribution in [2.45, 2.75) is 18.9 Å². The van der Waals surface area contributed by atoms with Crippen molar-refractivity contribution in [2.24, 2.45) is 4.99 Å². The molecule has 2 aliphatic rings. The maximum Gasteiger partial charge on any atom is 0.193 e. The molecule has 2 saturated heterocycles. The van der Waals surface area contributed by atoms with Gasteiger partial charge in [-0.25, -0.2) is 0 Å². The average Bonchev–Trinajstić information content (AvgIpc) is 3.01. The highest BCUT2D eigenvalue weighted by Gasteiger charge is 2.23. The minimum atomic E-state index is 0. The molecule has 0 amide bonds. The molecule has 5 nitrogen and oxygen atoms in total. The molecule has 7 heteroatoms. The number of rotatable bonds is 3. The van der Waals surface area contributed by atoms with Gasteiger partial charge in [0, 0.05) is 56.5 Å². The normalized spacial score (nSPS) is 22.0. The van der Waals surface area contributed by atoms with E-state index in [4.69, 9.17) is 11.6 Å². The predicted octanol–water partition coefficient (Wildman–Crippen LogP) is 2.75. The fourth-order valence-electron chi connectivity index (χ4n) is 3.63. The van der Waals surface area contributed by atoms with Gasteiger partial charge in [-0.1, -0.05) is 17.7 Å². The molecule has 0 bridgehead atoms. The van der Waals surface area contributed by atoms with Crippen molar-refractivity contribution >= 4 is 47.2 Å². The number of piperazine rings is 1. The summed E-state index contributed by atoms with van der Waals surface area (Å²) >= 11 is 6.11. The average molecular weight is 478 g/mol. The van der Waals surface area contributed by atoms with Crippen molar-refractivity contribution in [1.82, 2.24) is 15.1 Å². The number of likely N-dealkylation sites (N-methyl/N-ethyl adjacent to an activating group) is 1. The van der Waals surface area contributed by atoms with Gasteiger partial charge in [-0.15, -0.1) is 24.0 Å². The Bertz CT molecular complexity index is 574. The summed E-state index contributed by atoms with van der Waals surface area (Å²) in [6.07, 6.45) is 2.59. The van der Waals surface area contributed by atoms with Gasteiger partial charge in [-0.2, -0.15) is 0 Å². The standard InChI is InChI=1S/C18H28ClN5.HI/c1-20-18(21-14-17-7-4-8-22(17)2)24-11-9-23(10-12-24)16-6-3-5-15(19)13-16;/h3,5-6,13,17H,4,7-12,14H2,1-2H3,(H,20,21);1H. The zero-order chi connectivity index (χ0) is 16.9. The van der Waals surface area contributed by atoms with Gasteiger partial charge in [0.25, 0.3) is 0 Å². The van der Waals surface area contributed by atoms with E-state index in [1.54, 1.807) is 0 Å². The monoisotopic (exact) mass is 477 g/mol. The van der Waals surface area contributed by atoms with Gasteiger partial charge in [0.05, 0.1) is 0 Å². The molecular formula is C18H29ClIN5. The van der Waals surface area contributed by atoms with Crippen molar-refractivity contribution < 1.29 is 0 Å². The molecule has 0 aliphatic carbocycles. The van der Waals surface area contributed by atoms with E-state index in [-0.39, 0.29) is 24.0 Å². The Kier molecular flexibility index (Phi) is 8.09. The number of halogens is 2. The molecule has 1 aromatic rings. The van der Waals surface area contributed by atoms with Crippen LogP contribution in [0.4, 0.5) is 5.69 Å². The first-order chi connectivity index (χ1) is 11.7. The molecule has 2 heterocycles. The second-order valence-electron chi connectivity index (χ2n) is 6.66. The first-order valence-corrected chi connectivity index (χ1v) is 9.21. The minimum Gasteiger partial charge on any atom is -0.368 e. The molecule has 1 atom stereocenters. The van der Waals surface area contributed by atoms with Crippen LogP contribution in [-0.2, 0) is 0 Å². The van der Waals surface area contributed by atoms with Crippen LogP contribution in [-0.4, -0.2) is 75.2 Å². The third-order valence-electron chi connectivity index (χ3n) is 5.13. The molecule has 0 spiro atoms. The zero-order valence-electron chi connectivity index (χ0n) is 15.1. The first-order valence-electron chi connectivity index (χ1n) is 8.83. The maximum atomic E-state index is 6.11. The van der Waals surface area contributed by atoms with Gasteiger partial charge in [0.2, 0.25) is 0 Å². The summed E-state index contributed by atoms with van der Waals surface area (Å²) < 4.78 is 0. The van der Waals surface area contributed by atoms with Crippen LogP contribution in [0.25, 0.3) is 0 Å². The topological polar surface area (TPSA) is 34.1 Å². The quantitative estimate of drug-likeness (QED) is 0.412. The molecule has 0 radical (unpaired) electrons. The van der Waals surface area contributed by atoms with Crippen LogP contribution in [0.5, 0.6) is 0 Å². The summed E-state index contributed by atoms with van der Waals surface area (Å²) in [6.45, 7) is 6.13. The van der Waals surface area contributed by atoms with Gasteiger partial charge >= 0.3 is 0 Å². The number of aliphatic imine (C=N–C) groups is 1. The summed E-state index contributed by atoms with van der Waals surface area (Å²) in [5.74, 6) is 1.03. The summed E-state index contributed by atoms with van der Waals surface area (Å²) in [4.78, 5) is 11.7. The lowest BCUT2D eigenvalue weighted by Crippen LogP contribution is -2.54. The van der Waals surface area contributed by atoms with Gasteiger partial charge in [-0.05, 0) is 44.6 Å². The molecule has 1 aromatic carbocycles. The Balaban J connectivity index is 0.00000225. The van der Waals surface area contributed by atoms with E-state index in [9.17, 15) is 0 Å². The molecule has 3 rings (SSSR count). The van der Waals surface area contributed by atoms with Crippen molar-refractivity contribution in [3.63, 3.8) is 0 Å². The van der Waals surface area contributed by atoms with Crippen LogP contribution in [0.3, 0.4) is 0 Å². The molecule has 25 heavy (non-hydrogen) atoms. The van der Waals surface area contributed by atoms with Crippen molar-refractivity contribution in [1.29, 1.82) is 0 Å². The number of hydrogen-bond donors (Lipinski definition) is 1. The lowest BCUT2D eigenvalue weighted by atomic mass is 10.2. The number of benzene rings is 1. The van der Waals surface area contributed by atoms with Crippen LogP contribution in [0.2, 0.25) is 5.02 Å². The summed E-state index contributed by atoms with van der Waals surface area (Å²) in [6, 6.07) is 8.75. The van der Waals surface area contributed by atoms with Crippen molar-refractivity contribution in [2.75, 3.05) is 58.3 Å². The summed E-state index contributed by atoms with van der Waals surface area (Å²) in [7, 11) is 4.09. The Labute approximate surface area is 173 Å². The molecule has 2 aliphatic heterocycles. The second kappa shape index (κ2) is 9.83. The van der Waals surface area contributed by atoms with Gasteiger partial charge < -0.3 is 20.0 Å². The number of guanidine groups is 1. The Morgan fingerprint density at radius 3 is 2.60 bits per heavy atom. The smallest absolute Gasteiger partial charge is 0.193 e. The molecule has 2 fully saturated rings. The Morgan fingerprint density at radius 2 is 2.00 bits per heavy atom. The number of anilines is 1. The number of likely N-dealkylation sites (tertiary alicyclic amines) is 1. The highest BCUT2D eigenvalue weighted by Crippen LogP contribution is 2.21. The molecule has 1 N–H and O–H groups in total. The van der Waals surface area contributed by atoms with Gasteiger partial charge in [-0.3, -0.25) is 4.99 Å². The fourth-order valence-corrected chi connectivity index (χ4v) is 3.81. The second-order valence-corrected chi connectivity index (χ2v) is 7.10. The van der Waals surface area contributed by atoms with Crippen LogP contribution in [0.1, 0.15) is 12.8 Å². The number of hydrogen-bond acceptors (Lipinski definition) is 3. The number of nitrogens with zero attached hydrogens (tertiary/aromatic N) is 4. The zero-order valence-corrected chi connectivity index (χ0v) is 18.2. The molecule has 0 aromatic heterocycles. The predicted molar refractivity (Wildman–Crippen MR) is 118 cm³/mol. The molecule has 140 valence electrons. The SMILES string of the molecule is CN=C(NCC1CCCN1C)N1CCN(c2cccc(Cl)c2)CC1.I. The van der Waals surface area contributed by atoms with E-state index in [1.807, 2.05) is 25.2 Å². The van der Waals surface area contributed by atoms with Gasteiger partial charge in [0.1, 0.15) is 0 Å². The third kappa shape index (κ3) is 5.37. The van der Waals surface area contributed by atoms with E-state index >= 15 is 0 Å². The Hall–Kier alpha value is -0.730.